The van der Waals surface area contributed by atoms with Crippen molar-refractivity contribution in [2.75, 3.05) is 5.32 Å². The highest BCUT2D eigenvalue weighted by molar-refractivity contribution is 9.10. The Labute approximate surface area is 180 Å². The standard InChI is InChI=1S/C19H16BrN5O3S/c1-12-2-7-16(25(27)28)8-17(12)22-19(29)23-18(26)14-5-3-13(4-6-14)10-24-11-15(20)9-21-24/h2-9,11H,10H2,1H3,(H2,22,23,26,29). The quantitative estimate of drug-likeness (QED) is 0.329. The van der Waals surface area contributed by atoms with Crippen LogP contribution in [-0.2, 0) is 6.54 Å². The number of nitro groups is 1. The van der Waals surface area contributed by atoms with Crippen molar-refractivity contribution in [3.8, 4) is 0 Å². The molecule has 2 N–H and O–H groups in total. The molecule has 0 spiro atoms. The molecule has 10 heteroatoms. The lowest BCUT2D eigenvalue weighted by atomic mass is 10.1. The Hall–Kier alpha value is -3.11. The molecule has 0 bridgehead atoms. The molecule has 0 radical (unpaired) electrons. The van der Waals surface area contributed by atoms with Crippen molar-refractivity contribution in [2.24, 2.45) is 0 Å². The van der Waals surface area contributed by atoms with Crippen molar-refractivity contribution >= 4 is 50.5 Å². The first-order chi connectivity index (χ1) is 13.8. The maximum absolute atomic E-state index is 12.4. The van der Waals surface area contributed by atoms with Crippen LogP contribution in [0.2, 0.25) is 0 Å². The number of aryl methyl sites for hydroxylation is 1. The number of nitrogens with zero attached hydrogens (tertiary/aromatic N) is 3. The highest BCUT2D eigenvalue weighted by atomic mass is 79.9. The molecule has 0 unspecified atom stereocenters. The van der Waals surface area contributed by atoms with E-state index in [4.69, 9.17) is 12.2 Å². The van der Waals surface area contributed by atoms with Crippen molar-refractivity contribution in [1.82, 2.24) is 15.1 Å². The summed E-state index contributed by atoms with van der Waals surface area (Å²) < 4.78 is 2.67. The third-order valence-electron chi connectivity index (χ3n) is 4.07. The normalized spacial score (nSPS) is 10.4. The van der Waals surface area contributed by atoms with Crippen LogP contribution in [0.1, 0.15) is 21.5 Å². The summed E-state index contributed by atoms with van der Waals surface area (Å²) >= 11 is 8.52. The van der Waals surface area contributed by atoms with Crippen LogP contribution in [0.25, 0.3) is 0 Å². The molecule has 1 amide bonds. The molecule has 0 saturated carbocycles. The number of non-ortho nitro benzene ring substituents is 1. The van der Waals surface area contributed by atoms with Crippen molar-refractivity contribution in [1.29, 1.82) is 0 Å². The summed E-state index contributed by atoms with van der Waals surface area (Å²) in [5, 5.41) is 20.6. The second-order valence-electron chi connectivity index (χ2n) is 6.22. The van der Waals surface area contributed by atoms with Crippen molar-refractivity contribution < 1.29 is 9.72 Å². The molecule has 0 aliphatic heterocycles. The van der Waals surface area contributed by atoms with E-state index in [1.807, 2.05) is 18.3 Å². The summed E-state index contributed by atoms with van der Waals surface area (Å²) in [5.41, 5.74) is 2.60. The topological polar surface area (TPSA) is 102 Å². The zero-order chi connectivity index (χ0) is 21.0. The largest absolute Gasteiger partial charge is 0.332 e. The minimum absolute atomic E-state index is 0.0593. The van der Waals surface area contributed by atoms with E-state index >= 15 is 0 Å². The lowest BCUT2D eigenvalue weighted by Gasteiger charge is -2.12. The van der Waals surface area contributed by atoms with Gasteiger partial charge in [-0.15, -0.1) is 0 Å². The Morgan fingerprint density at radius 1 is 1.28 bits per heavy atom. The maximum Gasteiger partial charge on any atom is 0.271 e. The number of anilines is 1. The first kappa shape index (κ1) is 20.6. The van der Waals surface area contributed by atoms with Gasteiger partial charge in [-0.05, 0) is 58.3 Å². The summed E-state index contributed by atoms with van der Waals surface area (Å²) in [6.07, 6.45) is 3.57. The first-order valence-electron chi connectivity index (χ1n) is 8.46. The van der Waals surface area contributed by atoms with Crippen LogP contribution in [-0.4, -0.2) is 25.7 Å². The third-order valence-corrected chi connectivity index (χ3v) is 4.68. The molecular weight excluding hydrogens is 458 g/mol. The van der Waals surface area contributed by atoms with Crippen LogP contribution in [0.4, 0.5) is 11.4 Å². The van der Waals surface area contributed by atoms with Gasteiger partial charge in [0.05, 0.1) is 22.1 Å². The van der Waals surface area contributed by atoms with Crippen LogP contribution in [0.3, 0.4) is 0 Å². The number of thiocarbonyl (C=S) groups is 1. The molecule has 148 valence electrons. The second-order valence-corrected chi connectivity index (χ2v) is 7.54. The van der Waals surface area contributed by atoms with E-state index in [1.54, 1.807) is 36.0 Å². The van der Waals surface area contributed by atoms with Crippen LogP contribution < -0.4 is 10.6 Å². The number of hydrogen-bond acceptors (Lipinski definition) is 5. The Kier molecular flexibility index (Phi) is 6.35. The molecule has 0 aliphatic carbocycles. The van der Waals surface area contributed by atoms with Crippen LogP contribution >= 0.6 is 28.1 Å². The Morgan fingerprint density at radius 2 is 2.00 bits per heavy atom. The number of hydrogen-bond donors (Lipinski definition) is 2. The molecule has 3 aromatic rings. The third kappa shape index (κ3) is 5.46. The molecule has 3 rings (SSSR count). The van der Waals surface area contributed by atoms with E-state index in [9.17, 15) is 14.9 Å². The lowest BCUT2D eigenvalue weighted by molar-refractivity contribution is -0.384. The highest BCUT2D eigenvalue weighted by Gasteiger charge is 2.12. The molecule has 2 aromatic carbocycles. The predicted octanol–water partition coefficient (Wildman–Crippen LogP) is 4.04. The van der Waals surface area contributed by atoms with Crippen molar-refractivity contribution in [3.63, 3.8) is 0 Å². The Bertz CT molecular complexity index is 1080. The molecule has 1 heterocycles. The number of benzene rings is 2. The molecule has 0 aliphatic rings. The summed E-state index contributed by atoms with van der Waals surface area (Å²) in [4.78, 5) is 22.8. The van der Waals surface area contributed by atoms with Gasteiger partial charge in [0.15, 0.2) is 5.11 Å². The minimum atomic E-state index is -0.490. The summed E-state index contributed by atoms with van der Waals surface area (Å²) in [5.74, 6) is -0.376. The number of halogens is 1. The van der Waals surface area contributed by atoms with Crippen LogP contribution in [0.15, 0.2) is 59.3 Å². The van der Waals surface area contributed by atoms with E-state index in [0.717, 1.165) is 15.6 Å². The number of carbonyl (C=O) groups is 1. The molecule has 8 nitrogen and oxygen atoms in total. The van der Waals surface area contributed by atoms with Gasteiger partial charge in [-0.1, -0.05) is 18.2 Å². The van der Waals surface area contributed by atoms with Crippen molar-refractivity contribution in [3.05, 3.63) is 86.1 Å². The highest BCUT2D eigenvalue weighted by Crippen LogP contribution is 2.21. The van der Waals surface area contributed by atoms with E-state index in [-0.39, 0.29) is 16.7 Å². The summed E-state index contributed by atoms with van der Waals surface area (Å²) in [7, 11) is 0. The molecule has 0 saturated heterocycles. The van der Waals surface area contributed by atoms with Gasteiger partial charge < -0.3 is 5.32 Å². The molecule has 0 fully saturated rings. The fraction of sp³-hybridized carbons (Fsp3) is 0.105. The average Bonchev–Trinajstić information content (AvgIpc) is 3.08. The van der Waals surface area contributed by atoms with Gasteiger partial charge in [0, 0.05) is 29.6 Å². The Morgan fingerprint density at radius 3 is 2.62 bits per heavy atom. The summed E-state index contributed by atoms with van der Waals surface area (Å²) in [6, 6.07) is 11.5. The molecular formula is C19H16BrN5O3S. The van der Waals surface area contributed by atoms with Gasteiger partial charge in [0.25, 0.3) is 11.6 Å². The zero-order valence-corrected chi connectivity index (χ0v) is 17.7. The van der Waals surface area contributed by atoms with Gasteiger partial charge in [0.2, 0.25) is 0 Å². The monoisotopic (exact) mass is 473 g/mol. The Balaban J connectivity index is 1.61. The lowest BCUT2D eigenvalue weighted by Crippen LogP contribution is -2.34. The first-order valence-corrected chi connectivity index (χ1v) is 9.66. The molecule has 0 atom stereocenters. The fourth-order valence-corrected chi connectivity index (χ4v) is 3.09. The zero-order valence-electron chi connectivity index (χ0n) is 15.3. The van der Waals surface area contributed by atoms with E-state index < -0.39 is 4.92 Å². The molecule has 1 aromatic heterocycles. The fourth-order valence-electron chi connectivity index (χ4n) is 2.56. The van der Waals surface area contributed by atoms with Gasteiger partial charge in [-0.2, -0.15) is 5.10 Å². The summed E-state index contributed by atoms with van der Waals surface area (Å²) in [6.45, 7) is 2.37. The number of amides is 1. The van der Waals surface area contributed by atoms with E-state index in [1.165, 1.54) is 12.1 Å². The second kappa shape index (κ2) is 8.93. The molecule has 29 heavy (non-hydrogen) atoms. The number of nitro benzene ring substituents is 1. The van der Waals surface area contributed by atoms with E-state index in [0.29, 0.717) is 17.8 Å². The predicted molar refractivity (Wildman–Crippen MR) is 117 cm³/mol. The SMILES string of the molecule is Cc1ccc([N+](=O)[O-])cc1NC(=S)NC(=O)c1ccc(Cn2cc(Br)cn2)cc1. The smallest absolute Gasteiger partial charge is 0.271 e. The van der Waals surface area contributed by atoms with Gasteiger partial charge in [-0.3, -0.25) is 24.9 Å². The minimum Gasteiger partial charge on any atom is -0.332 e. The average molecular weight is 474 g/mol. The number of rotatable bonds is 5. The maximum atomic E-state index is 12.4. The van der Waals surface area contributed by atoms with Gasteiger partial charge in [-0.25, -0.2) is 0 Å². The van der Waals surface area contributed by atoms with Gasteiger partial charge >= 0.3 is 0 Å². The number of nitrogens with one attached hydrogen (secondary N) is 2. The van der Waals surface area contributed by atoms with Gasteiger partial charge in [0.1, 0.15) is 0 Å². The number of carbonyl (C=O) groups excluding carboxylic acids is 1. The van der Waals surface area contributed by atoms with E-state index in [2.05, 4.69) is 31.7 Å². The van der Waals surface area contributed by atoms with Crippen LogP contribution in [0.5, 0.6) is 0 Å². The van der Waals surface area contributed by atoms with Crippen molar-refractivity contribution in [2.45, 2.75) is 13.5 Å². The number of aromatic nitrogens is 2. The van der Waals surface area contributed by atoms with Crippen LogP contribution in [0, 0.1) is 17.0 Å².